The molecule has 0 bridgehead atoms. The molecule has 0 aromatic heterocycles. The van der Waals surface area contributed by atoms with Crippen LogP contribution in [0, 0.1) is 0 Å². The number of hydrogen-bond acceptors (Lipinski definition) is 4. The molecular weight excluding hydrogens is 268 g/mol. The summed E-state index contributed by atoms with van der Waals surface area (Å²) < 4.78 is 0. The third-order valence-corrected chi connectivity index (χ3v) is 3.46. The zero-order valence-electron chi connectivity index (χ0n) is 12.5. The Morgan fingerprint density at radius 1 is 1.38 bits per heavy atom. The highest BCUT2D eigenvalue weighted by Crippen LogP contribution is 2.28. The van der Waals surface area contributed by atoms with Crippen molar-refractivity contribution in [3.8, 4) is 0 Å². The number of likely N-dealkylation sites (N-methyl/N-ethyl adjacent to an activating group) is 1. The molecule has 0 aliphatic carbocycles. The minimum absolute atomic E-state index is 0.0229. The van der Waals surface area contributed by atoms with Crippen molar-refractivity contribution in [1.82, 2.24) is 10.6 Å². The molecule has 6 heteroatoms. The number of carbonyl (C=O) groups excluding carboxylic acids is 2. The second-order valence-corrected chi connectivity index (χ2v) is 5.06. The Morgan fingerprint density at radius 3 is 2.95 bits per heavy atom. The molecule has 0 fully saturated rings. The summed E-state index contributed by atoms with van der Waals surface area (Å²) in [5, 5.41) is 8.85. The summed E-state index contributed by atoms with van der Waals surface area (Å²) >= 11 is 0. The fraction of sp³-hybridized carbons (Fsp3) is 0.467. The average Bonchev–Trinajstić information content (AvgIpc) is 2.62. The van der Waals surface area contributed by atoms with E-state index in [-0.39, 0.29) is 11.8 Å². The molecule has 1 aromatic rings. The molecule has 1 aliphatic rings. The van der Waals surface area contributed by atoms with Crippen LogP contribution in [0.1, 0.15) is 23.7 Å². The van der Waals surface area contributed by atoms with E-state index >= 15 is 0 Å². The van der Waals surface area contributed by atoms with Gasteiger partial charge in [0, 0.05) is 38.7 Å². The van der Waals surface area contributed by atoms with E-state index in [2.05, 4.69) is 16.0 Å². The number of amides is 2. The fourth-order valence-electron chi connectivity index (χ4n) is 2.26. The van der Waals surface area contributed by atoms with Crippen LogP contribution in [-0.2, 0) is 4.79 Å². The van der Waals surface area contributed by atoms with Crippen molar-refractivity contribution in [2.45, 2.75) is 13.3 Å². The van der Waals surface area contributed by atoms with Crippen LogP contribution in [0.5, 0.6) is 0 Å². The second-order valence-electron chi connectivity index (χ2n) is 5.06. The highest BCUT2D eigenvalue weighted by atomic mass is 16.2. The molecule has 0 saturated carbocycles. The van der Waals surface area contributed by atoms with Crippen molar-refractivity contribution in [3.63, 3.8) is 0 Å². The van der Waals surface area contributed by atoms with Gasteiger partial charge in [-0.1, -0.05) is 6.92 Å². The van der Waals surface area contributed by atoms with E-state index in [0.29, 0.717) is 30.8 Å². The first-order valence-corrected chi connectivity index (χ1v) is 7.25. The van der Waals surface area contributed by atoms with Crippen molar-refractivity contribution in [1.29, 1.82) is 0 Å². The van der Waals surface area contributed by atoms with Crippen LogP contribution < -0.4 is 20.9 Å². The Balaban J connectivity index is 2.09. The maximum atomic E-state index is 12.1. The predicted octanol–water partition coefficient (Wildman–Crippen LogP) is 0.804. The van der Waals surface area contributed by atoms with Crippen molar-refractivity contribution in [3.05, 3.63) is 23.8 Å². The molecule has 0 unspecified atom stereocenters. The average molecular weight is 290 g/mol. The Hall–Kier alpha value is -2.08. The third kappa shape index (κ3) is 3.95. The number of carbonyl (C=O) groups is 2. The molecule has 0 radical (unpaired) electrons. The largest absolute Gasteiger partial charge is 0.372 e. The van der Waals surface area contributed by atoms with Crippen molar-refractivity contribution >= 4 is 23.2 Å². The molecule has 1 aromatic carbocycles. The Morgan fingerprint density at radius 2 is 2.19 bits per heavy atom. The van der Waals surface area contributed by atoms with Crippen LogP contribution in [0.4, 0.5) is 11.4 Å². The lowest BCUT2D eigenvalue weighted by Crippen LogP contribution is -2.31. The standard InChI is InChI=1S/C15H22N4O2/c1-3-16-7-8-17-15(21)11-4-5-13-12(10-11)18-14(20)6-9-19(13)2/h4-5,10,16H,3,6-9H2,1-2H3,(H,17,21)(H,18,20). The number of benzene rings is 1. The van der Waals surface area contributed by atoms with Crippen LogP contribution in [0.15, 0.2) is 18.2 Å². The minimum Gasteiger partial charge on any atom is -0.372 e. The zero-order chi connectivity index (χ0) is 15.2. The van der Waals surface area contributed by atoms with Crippen LogP contribution in [0.2, 0.25) is 0 Å². The van der Waals surface area contributed by atoms with Gasteiger partial charge in [-0.2, -0.15) is 0 Å². The first kappa shape index (κ1) is 15.3. The van der Waals surface area contributed by atoms with Gasteiger partial charge in [-0.15, -0.1) is 0 Å². The highest BCUT2D eigenvalue weighted by Gasteiger charge is 2.18. The van der Waals surface area contributed by atoms with Crippen molar-refractivity contribution < 1.29 is 9.59 Å². The lowest BCUT2D eigenvalue weighted by atomic mass is 10.1. The summed E-state index contributed by atoms with van der Waals surface area (Å²) in [4.78, 5) is 25.8. The first-order valence-electron chi connectivity index (χ1n) is 7.25. The summed E-state index contributed by atoms with van der Waals surface area (Å²) in [6.07, 6.45) is 0.454. The van der Waals surface area contributed by atoms with Crippen LogP contribution >= 0.6 is 0 Å². The summed E-state index contributed by atoms with van der Waals surface area (Å²) in [6.45, 7) is 4.90. The van der Waals surface area contributed by atoms with E-state index in [9.17, 15) is 9.59 Å². The Bertz CT molecular complexity index is 530. The minimum atomic E-state index is -0.128. The molecule has 3 N–H and O–H groups in total. The number of rotatable bonds is 5. The molecule has 1 heterocycles. The van der Waals surface area contributed by atoms with E-state index in [4.69, 9.17) is 0 Å². The molecule has 1 aliphatic heterocycles. The van der Waals surface area contributed by atoms with Gasteiger partial charge in [0.15, 0.2) is 0 Å². The van der Waals surface area contributed by atoms with Crippen LogP contribution in [-0.4, -0.2) is 45.0 Å². The van der Waals surface area contributed by atoms with Gasteiger partial charge in [-0.3, -0.25) is 9.59 Å². The lowest BCUT2D eigenvalue weighted by Gasteiger charge is -2.18. The fourth-order valence-corrected chi connectivity index (χ4v) is 2.26. The molecular formula is C15H22N4O2. The second kappa shape index (κ2) is 7.08. The highest BCUT2D eigenvalue weighted by molar-refractivity contribution is 6.00. The molecule has 2 amide bonds. The number of nitrogens with one attached hydrogen (secondary N) is 3. The quantitative estimate of drug-likeness (QED) is 0.702. The summed E-state index contributed by atoms with van der Waals surface area (Å²) in [5.74, 6) is -0.151. The van der Waals surface area contributed by atoms with Gasteiger partial charge < -0.3 is 20.9 Å². The molecule has 0 spiro atoms. The molecule has 0 saturated heterocycles. The maximum Gasteiger partial charge on any atom is 0.251 e. The van der Waals surface area contributed by atoms with Gasteiger partial charge in [0.05, 0.1) is 11.4 Å². The third-order valence-electron chi connectivity index (χ3n) is 3.46. The lowest BCUT2D eigenvalue weighted by molar-refractivity contribution is -0.115. The summed E-state index contributed by atoms with van der Waals surface area (Å²) in [5.41, 5.74) is 2.19. The molecule has 0 atom stereocenters. The van der Waals surface area contributed by atoms with E-state index < -0.39 is 0 Å². The van der Waals surface area contributed by atoms with E-state index in [1.54, 1.807) is 12.1 Å². The topological polar surface area (TPSA) is 73.5 Å². The van der Waals surface area contributed by atoms with Crippen molar-refractivity contribution in [2.75, 3.05) is 43.4 Å². The van der Waals surface area contributed by atoms with E-state index in [0.717, 1.165) is 18.8 Å². The predicted molar refractivity (Wildman–Crippen MR) is 83.8 cm³/mol. The first-order chi connectivity index (χ1) is 10.1. The zero-order valence-corrected chi connectivity index (χ0v) is 12.5. The molecule has 21 heavy (non-hydrogen) atoms. The number of fused-ring (bicyclic) bond motifs is 1. The number of nitrogens with zero attached hydrogens (tertiary/aromatic N) is 1. The molecule has 2 rings (SSSR count). The smallest absolute Gasteiger partial charge is 0.251 e. The van der Waals surface area contributed by atoms with Crippen molar-refractivity contribution in [2.24, 2.45) is 0 Å². The van der Waals surface area contributed by atoms with Gasteiger partial charge >= 0.3 is 0 Å². The number of hydrogen-bond donors (Lipinski definition) is 3. The molecule has 114 valence electrons. The van der Waals surface area contributed by atoms with Crippen LogP contribution in [0.25, 0.3) is 0 Å². The summed E-state index contributed by atoms with van der Waals surface area (Å²) in [6, 6.07) is 5.40. The normalized spacial score (nSPS) is 14.2. The SMILES string of the molecule is CCNCCNC(=O)c1ccc2c(c1)NC(=O)CCN2C. The van der Waals surface area contributed by atoms with Gasteiger partial charge in [0.25, 0.3) is 5.91 Å². The molecule has 6 nitrogen and oxygen atoms in total. The summed E-state index contributed by atoms with van der Waals surface area (Å²) in [7, 11) is 1.94. The van der Waals surface area contributed by atoms with Gasteiger partial charge in [-0.05, 0) is 24.7 Å². The van der Waals surface area contributed by atoms with E-state index in [1.165, 1.54) is 0 Å². The van der Waals surface area contributed by atoms with Gasteiger partial charge in [0.1, 0.15) is 0 Å². The van der Waals surface area contributed by atoms with E-state index in [1.807, 2.05) is 24.9 Å². The van der Waals surface area contributed by atoms with Gasteiger partial charge in [-0.25, -0.2) is 0 Å². The monoisotopic (exact) mass is 290 g/mol. The maximum absolute atomic E-state index is 12.1. The van der Waals surface area contributed by atoms with Crippen LogP contribution in [0.3, 0.4) is 0 Å². The Kier molecular flexibility index (Phi) is 5.16. The van der Waals surface area contributed by atoms with Gasteiger partial charge in [0.2, 0.25) is 5.91 Å². The Labute approximate surface area is 124 Å². The number of anilines is 2.